The molecule has 1 N–H and O–H groups in total. The van der Waals surface area contributed by atoms with E-state index in [9.17, 15) is 9.90 Å². The maximum atomic E-state index is 11.6. The molecule has 0 fully saturated rings. The zero-order valence-corrected chi connectivity index (χ0v) is 17.0. The minimum atomic E-state index is -1.01. The van der Waals surface area contributed by atoms with Gasteiger partial charge in [-0.25, -0.2) is 4.98 Å². The molecule has 0 unspecified atom stereocenters. The minimum Gasteiger partial charge on any atom is -0.480 e. The summed E-state index contributed by atoms with van der Waals surface area (Å²) < 4.78 is 0.923. The summed E-state index contributed by atoms with van der Waals surface area (Å²) in [5, 5.41) is 11.4. The van der Waals surface area contributed by atoms with Crippen LogP contribution < -0.4 is 0 Å². The van der Waals surface area contributed by atoms with Crippen LogP contribution in [0.2, 0.25) is 10.0 Å². The van der Waals surface area contributed by atoms with Gasteiger partial charge in [0.05, 0.1) is 17.8 Å². The topological polar surface area (TPSA) is 68.0 Å². The van der Waals surface area contributed by atoms with Gasteiger partial charge in [0.25, 0.3) is 0 Å². The van der Waals surface area contributed by atoms with Gasteiger partial charge in [-0.05, 0) is 49.7 Å². The predicted octanol–water partition coefficient (Wildman–Crippen LogP) is 5.26. The number of hydrogen-bond donors (Lipinski definition) is 1. The number of carboxylic acids is 1. The predicted molar refractivity (Wildman–Crippen MR) is 109 cm³/mol. The number of halogens is 2. The van der Waals surface area contributed by atoms with Crippen molar-refractivity contribution in [2.45, 2.75) is 30.2 Å². The molecule has 1 aromatic carbocycles. The number of carbonyl (C=O) groups is 1. The summed E-state index contributed by atoms with van der Waals surface area (Å²) in [6.07, 6.45) is 5.08. The van der Waals surface area contributed by atoms with Crippen LogP contribution in [0.3, 0.4) is 0 Å². The Morgan fingerprint density at radius 1 is 1.26 bits per heavy atom. The molecule has 0 bridgehead atoms. The molecule has 0 atom stereocenters. The van der Waals surface area contributed by atoms with Crippen LogP contribution in [0.15, 0.2) is 53.9 Å². The fraction of sp³-hybridized carbons (Fsp3) is 0.211. The van der Waals surface area contributed by atoms with E-state index in [1.54, 1.807) is 50.6 Å². The van der Waals surface area contributed by atoms with Gasteiger partial charge in [-0.2, -0.15) is 0 Å². The lowest BCUT2D eigenvalue weighted by Crippen LogP contribution is -2.27. The third kappa shape index (κ3) is 4.46. The Hall–Kier alpha value is -2.02. The van der Waals surface area contributed by atoms with Gasteiger partial charge < -0.3 is 9.67 Å². The number of thioether (sulfide) groups is 1. The highest BCUT2D eigenvalue weighted by Gasteiger charge is 2.30. The van der Waals surface area contributed by atoms with Gasteiger partial charge in [-0.1, -0.05) is 35.0 Å². The second-order valence-corrected chi connectivity index (χ2v) is 8.89. The Morgan fingerprint density at radius 2 is 2.04 bits per heavy atom. The summed E-state index contributed by atoms with van der Waals surface area (Å²) in [5.41, 5.74) is 1.65. The van der Waals surface area contributed by atoms with Gasteiger partial charge in [0.1, 0.15) is 10.6 Å². The molecule has 3 aromatic rings. The molecular formula is C19H17Cl2N3O2S. The van der Waals surface area contributed by atoms with E-state index >= 15 is 0 Å². The third-order valence-corrected chi connectivity index (χ3v) is 5.77. The van der Waals surface area contributed by atoms with Crippen LogP contribution in [0.5, 0.6) is 0 Å². The molecule has 0 saturated heterocycles. The second-order valence-electron chi connectivity index (χ2n) is 6.40. The highest BCUT2D eigenvalue weighted by Crippen LogP contribution is 2.36. The van der Waals surface area contributed by atoms with E-state index in [0.717, 1.165) is 16.2 Å². The Labute approximate surface area is 171 Å². The van der Waals surface area contributed by atoms with Crippen molar-refractivity contribution in [2.24, 2.45) is 0 Å². The van der Waals surface area contributed by atoms with E-state index in [-0.39, 0.29) is 0 Å². The van der Waals surface area contributed by atoms with Crippen molar-refractivity contribution >= 4 is 40.9 Å². The smallest absolute Gasteiger partial charge is 0.319 e. The van der Waals surface area contributed by atoms with Gasteiger partial charge in [0.2, 0.25) is 0 Å². The quantitative estimate of drug-likeness (QED) is 0.549. The summed E-state index contributed by atoms with van der Waals surface area (Å²) in [5.74, 6) is -0.216. The van der Waals surface area contributed by atoms with Crippen molar-refractivity contribution in [3.05, 3.63) is 64.5 Å². The first-order valence-corrected chi connectivity index (χ1v) is 9.67. The monoisotopic (exact) mass is 421 g/mol. The first-order valence-electron chi connectivity index (χ1n) is 8.10. The molecule has 0 saturated carbocycles. The molecule has 2 aromatic heterocycles. The Morgan fingerprint density at radius 3 is 2.70 bits per heavy atom. The first-order chi connectivity index (χ1) is 12.8. The third-order valence-electron chi connectivity index (χ3n) is 3.95. The number of nitrogens with zero attached hydrogens (tertiary/aromatic N) is 3. The maximum Gasteiger partial charge on any atom is 0.319 e. The lowest BCUT2D eigenvalue weighted by molar-refractivity contribution is -0.138. The molecule has 8 heteroatoms. The van der Waals surface area contributed by atoms with Crippen molar-refractivity contribution in [2.75, 3.05) is 0 Å². The van der Waals surface area contributed by atoms with Gasteiger partial charge in [0.15, 0.2) is 0 Å². The van der Waals surface area contributed by atoms with Crippen molar-refractivity contribution < 1.29 is 9.90 Å². The number of hydrogen-bond acceptors (Lipinski definition) is 4. The second kappa shape index (κ2) is 7.92. The molecular weight excluding hydrogens is 405 g/mol. The molecule has 0 radical (unpaired) electrons. The number of benzene rings is 1. The van der Waals surface area contributed by atoms with Crippen molar-refractivity contribution in [1.29, 1.82) is 0 Å². The molecule has 140 valence electrons. The zero-order chi connectivity index (χ0) is 19.6. The Kier molecular flexibility index (Phi) is 5.79. The molecule has 2 heterocycles. The van der Waals surface area contributed by atoms with Crippen LogP contribution in [0.4, 0.5) is 0 Å². The summed E-state index contributed by atoms with van der Waals surface area (Å²) in [7, 11) is 0. The number of imidazole rings is 1. The molecule has 0 aliphatic heterocycles. The van der Waals surface area contributed by atoms with Crippen molar-refractivity contribution in [1.82, 2.24) is 14.5 Å². The summed E-state index contributed by atoms with van der Waals surface area (Å²) >= 11 is 13.7. The molecule has 0 spiro atoms. The van der Waals surface area contributed by atoms with Crippen LogP contribution in [0.1, 0.15) is 19.4 Å². The first kappa shape index (κ1) is 19.7. The molecule has 0 aliphatic rings. The number of carboxylic acid groups (broad SMARTS) is 1. The fourth-order valence-electron chi connectivity index (χ4n) is 2.46. The lowest BCUT2D eigenvalue weighted by Gasteiger charge is -2.20. The van der Waals surface area contributed by atoms with Crippen molar-refractivity contribution in [3.63, 3.8) is 0 Å². The summed E-state index contributed by atoms with van der Waals surface area (Å²) in [6.45, 7) is 3.72. The van der Waals surface area contributed by atoms with Gasteiger partial charge in [-0.15, -0.1) is 0 Å². The SMILES string of the molecule is CC(C)(Sc1cnc(-c2cccnc2)n1Cc1cc(Cl)ccc1Cl)C(=O)O. The molecule has 0 aliphatic carbocycles. The lowest BCUT2D eigenvalue weighted by atomic mass is 10.2. The number of aliphatic carboxylic acids is 1. The molecule has 0 amide bonds. The Bertz CT molecular complexity index is 974. The average Bonchev–Trinajstić information content (AvgIpc) is 3.00. The highest BCUT2D eigenvalue weighted by atomic mass is 35.5. The molecule has 5 nitrogen and oxygen atoms in total. The standard InChI is InChI=1S/C19H17Cl2N3O2S/c1-19(2,18(25)26)27-16-10-23-17(12-4-3-7-22-9-12)24(16)11-13-8-14(20)5-6-15(13)21/h3-10H,11H2,1-2H3,(H,25,26). The van der Waals surface area contributed by atoms with Gasteiger partial charge in [0, 0.05) is 28.0 Å². The summed E-state index contributed by atoms with van der Waals surface area (Å²) in [6, 6.07) is 9.01. The molecule has 3 rings (SSSR count). The van der Waals surface area contributed by atoms with Crippen LogP contribution in [0.25, 0.3) is 11.4 Å². The average molecular weight is 422 g/mol. The number of pyridine rings is 1. The van der Waals surface area contributed by atoms with Gasteiger partial charge in [-0.3, -0.25) is 9.78 Å². The van der Waals surface area contributed by atoms with E-state index < -0.39 is 10.7 Å². The summed E-state index contributed by atoms with van der Waals surface area (Å²) in [4.78, 5) is 20.2. The van der Waals surface area contributed by atoms with E-state index in [1.807, 2.05) is 16.7 Å². The van der Waals surface area contributed by atoms with Crippen LogP contribution in [-0.4, -0.2) is 30.4 Å². The molecule has 27 heavy (non-hydrogen) atoms. The van der Waals surface area contributed by atoms with E-state index in [0.29, 0.717) is 22.4 Å². The van der Waals surface area contributed by atoms with Crippen molar-refractivity contribution in [3.8, 4) is 11.4 Å². The van der Waals surface area contributed by atoms with E-state index in [4.69, 9.17) is 23.2 Å². The zero-order valence-electron chi connectivity index (χ0n) is 14.7. The maximum absolute atomic E-state index is 11.6. The van der Waals surface area contributed by atoms with Crippen LogP contribution >= 0.6 is 35.0 Å². The van der Waals surface area contributed by atoms with E-state index in [2.05, 4.69) is 9.97 Å². The normalized spacial score (nSPS) is 11.6. The number of rotatable bonds is 6. The van der Waals surface area contributed by atoms with Crippen LogP contribution in [0, 0.1) is 0 Å². The number of aromatic nitrogens is 3. The largest absolute Gasteiger partial charge is 0.480 e. The highest BCUT2D eigenvalue weighted by molar-refractivity contribution is 8.01. The van der Waals surface area contributed by atoms with Crippen LogP contribution in [-0.2, 0) is 11.3 Å². The Balaban J connectivity index is 2.08. The minimum absolute atomic E-state index is 0.404. The van der Waals surface area contributed by atoms with E-state index in [1.165, 1.54) is 11.8 Å². The fourth-order valence-corrected chi connectivity index (χ4v) is 3.81. The van der Waals surface area contributed by atoms with Gasteiger partial charge >= 0.3 is 5.97 Å².